The molecule has 238 valence electrons. The van der Waals surface area contributed by atoms with Crippen LogP contribution in [-0.4, -0.2) is 40.1 Å². The first-order valence-corrected chi connectivity index (χ1v) is 15.7. The van der Waals surface area contributed by atoms with E-state index in [2.05, 4.69) is 0 Å². The third kappa shape index (κ3) is 6.92. The predicted octanol–water partition coefficient (Wildman–Crippen LogP) is 7.62. The van der Waals surface area contributed by atoms with E-state index >= 15 is 0 Å². The van der Waals surface area contributed by atoms with Gasteiger partial charge in [0.2, 0.25) is 0 Å². The molecule has 1 aromatic heterocycles. The maximum Gasteiger partial charge on any atom is 0.271 e. The Balaban J connectivity index is 1.36. The number of amides is 2. The van der Waals surface area contributed by atoms with E-state index in [9.17, 15) is 14.9 Å². The minimum absolute atomic E-state index is 0.0646. The number of nitriles is 1. The molecule has 0 saturated heterocycles. The van der Waals surface area contributed by atoms with Crippen LogP contribution in [0.4, 0.5) is 0 Å². The molecule has 0 radical (unpaired) electrons. The first-order chi connectivity index (χ1) is 23.3. The first-order valence-electron chi connectivity index (χ1n) is 15.3. The van der Waals surface area contributed by atoms with Gasteiger partial charge in [-0.2, -0.15) is 10.4 Å². The molecule has 0 aliphatic carbocycles. The monoisotopic (exact) mass is 654 g/mol. The maximum atomic E-state index is 14.0. The highest BCUT2D eigenvalue weighted by Gasteiger charge is 2.35. The number of carbonyl (C=O) groups excluding carboxylic acids is 2. The zero-order chi connectivity index (χ0) is 33.6. The summed E-state index contributed by atoms with van der Waals surface area (Å²) in [6.45, 7) is 2.10. The number of benzene rings is 4. The van der Waals surface area contributed by atoms with Gasteiger partial charge in [0.15, 0.2) is 0 Å². The molecule has 2 amide bonds. The highest BCUT2D eigenvalue weighted by Crippen LogP contribution is 2.33. The predicted molar refractivity (Wildman–Crippen MR) is 184 cm³/mol. The summed E-state index contributed by atoms with van der Waals surface area (Å²) in [6, 6.07) is 34.1. The lowest BCUT2D eigenvalue weighted by atomic mass is 9.93. The van der Waals surface area contributed by atoms with Crippen LogP contribution in [-0.2, 0) is 22.6 Å². The zero-order valence-electron chi connectivity index (χ0n) is 26.4. The summed E-state index contributed by atoms with van der Waals surface area (Å²) in [6.07, 6.45) is 3.97. The molecule has 2 heterocycles. The Labute approximate surface area is 283 Å². The molecule has 48 heavy (non-hydrogen) atoms. The summed E-state index contributed by atoms with van der Waals surface area (Å²) < 4.78 is 13.1. The smallest absolute Gasteiger partial charge is 0.271 e. The van der Waals surface area contributed by atoms with Crippen LogP contribution in [0.2, 0.25) is 5.02 Å². The summed E-state index contributed by atoms with van der Waals surface area (Å²) in [7, 11) is 1.59. The molecule has 0 atom stereocenters. The van der Waals surface area contributed by atoms with Crippen LogP contribution in [0.25, 0.3) is 23.0 Å². The lowest BCUT2D eigenvalue weighted by molar-refractivity contribution is -0.140. The van der Waals surface area contributed by atoms with Gasteiger partial charge in [-0.05, 0) is 84.7 Å². The second-order valence-corrected chi connectivity index (χ2v) is 11.6. The van der Waals surface area contributed by atoms with Crippen molar-refractivity contribution < 1.29 is 19.1 Å². The van der Waals surface area contributed by atoms with Gasteiger partial charge in [-0.1, -0.05) is 66.2 Å². The van der Waals surface area contributed by atoms with E-state index in [1.54, 1.807) is 24.8 Å². The van der Waals surface area contributed by atoms with Crippen molar-refractivity contribution in [3.63, 3.8) is 0 Å². The van der Waals surface area contributed by atoms with Gasteiger partial charge in [-0.15, -0.1) is 0 Å². The molecule has 4 aromatic carbocycles. The van der Waals surface area contributed by atoms with E-state index in [-0.39, 0.29) is 17.7 Å². The van der Waals surface area contributed by atoms with Crippen molar-refractivity contribution in [2.75, 3.05) is 13.7 Å². The number of hydrogen-bond donors (Lipinski definition) is 0. The highest BCUT2D eigenvalue weighted by molar-refractivity contribution is 6.30. The average Bonchev–Trinajstić information content (AvgIpc) is 3.55. The minimum atomic E-state index is -0.601. The van der Waals surface area contributed by atoms with Crippen LogP contribution in [0.5, 0.6) is 11.5 Å². The van der Waals surface area contributed by atoms with Crippen LogP contribution in [0.1, 0.15) is 23.6 Å². The van der Waals surface area contributed by atoms with Crippen LogP contribution < -0.4 is 9.47 Å². The summed E-state index contributed by atoms with van der Waals surface area (Å²) in [5.74, 6) is 0.284. The van der Waals surface area contributed by atoms with Gasteiger partial charge in [0.1, 0.15) is 35.4 Å². The van der Waals surface area contributed by atoms with E-state index in [0.29, 0.717) is 46.4 Å². The fourth-order valence-corrected chi connectivity index (χ4v) is 5.56. The second kappa shape index (κ2) is 14.2. The molecule has 0 bridgehead atoms. The van der Waals surface area contributed by atoms with Crippen LogP contribution in [0.3, 0.4) is 0 Å². The number of methoxy groups -OCH3 is 1. The van der Waals surface area contributed by atoms with E-state index in [1.807, 2.05) is 115 Å². The number of carbonyl (C=O) groups is 2. The minimum Gasteiger partial charge on any atom is -0.497 e. The Hall–Kier alpha value is -5.91. The Morgan fingerprint density at radius 2 is 1.60 bits per heavy atom. The van der Waals surface area contributed by atoms with Gasteiger partial charge in [0.05, 0.1) is 12.8 Å². The topological polar surface area (TPSA) is 97.5 Å². The molecule has 0 unspecified atom stereocenters. The van der Waals surface area contributed by atoms with Gasteiger partial charge < -0.3 is 9.47 Å². The molecule has 0 fully saturated rings. The van der Waals surface area contributed by atoms with Crippen molar-refractivity contribution >= 4 is 29.5 Å². The molecule has 1 aliphatic rings. The maximum absolute atomic E-state index is 14.0. The lowest BCUT2D eigenvalue weighted by Gasteiger charge is -2.27. The molecule has 1 aliphatic heterocycles. The number of imide groups is 1. The van der Waals surface area contributed by atoms with Gasteiger partial charge in [-0.3, -0.25) is 14.5 Å². The summed E-state index contributed by atoms with van der Waals surface area (Å²) in [5.41, 5.74) is 5.25. The Bertz CT molecular complexity index is 2080. The fourth-order valence-electron chi connectivity index (χ4n) is 5.43. The number of aromatic nitrogens is 2. The summed E-state index contributed by atoms with van der Waals surface area (Å²) in [4.78, 5) is 28.5. The van der Waals surface area contributed by atoms with E-state index < -0.39 is 11.8 Å². The third-order valence-corrected chi connectivity index (χ3v) is 8.35. The molecule has 8 nitrogen and oxygen atoms in total. The van der Waals surface area contributed by atoms with Crippen molar-refractivity contribution in [3.05, 3.63) is 148 Å². The fraction of sp³-hybridized carbons (Fsp3) is 0.128. The first kappa shape index (κ1) is 32.0. The second-order valence-electron chi connectivity index (χ2n) is 11.2. The number of ether oxygens (including phenoxy) is 2. The van der Waals surface area contributed by atoms with Gasteiger partial charge in [0, 0.05) is 34.5 Å². The van der Waals surface area contributed by atoms with Crippen molar-refractivity contribution in [2.24, 2.45) is 0 Å². The molecular weight excluding hydrogens is 624 g/mol. The quantitative estimate of drug-likeness (QED) is 0.114. The summed E-state index contributed by atoms with van der Waals surface area (Å²) >= 11 is 6.03. The Morgan fingerprint density at radius 3 is 2.31 bits per heavy atom. The van der Waals surface area contributed by atoms with E-state index in [4.69, 9.17) is 26.2 Å². The van der Waals surface area contributed by atoms with Crippen LogP contribution in [0.15, 0.2) is 126 Å². The van der Waals surface area contributed by atoms with E-state index in [1.165, 1.54) is 0 Å². The van der Waals surface area contributed by atoms with Crippen molar-refractivity contribution in [3.8, 4) is 34.5 Å². The molecule has 9 heteroatoms. The summed E-state index contributed by atoms with van der Waals surface area (Å²) in [5, 5.41) is 15.6. The lowest BCUT2D eigenvalue weighted by Crippen LogP contribution is -2.43. The molecule has 5 aromatic rings. The van der Waals surface area contributed by atoms with Gasteiger partial charge >= 0.3 is 0 Å². The highest BCUT2D eigenvalue weighted by atomic mass is 35.5. The number of hydrogen-bond acceptors (Lipinski definition) is 6. The standard InChI is InChI=1S/C39H31ClN4O4/c1-26-35(38(45)43(39(46)36(26)23-41)20-19-27-13-17-33(47-2)18-14-27)22-30-24-44(32-8-4-3-5-9-32)42-37(30)29-7-6-10-34(21-29)48-25-28-11-15-31(40)16-12-28/h3-18,21-22,24H,19-20,25H2,1-2H3/b35-22+. The average molecular weight is 655 g/mol. The number of para-hydroxylation sites is 1. The Kier molecular flexibility index (Phi) is 9.51. The SMILES string of the molecule is COc1ccc(CCN2C(=O)C(C#N)=C(C)/C(=C\c3cn(-c4ccccc4)nc3-c3cccc(OCc4ccc(Cl)cc4)c3)C2=O)cc1. The van der Waals surface area contributed by atoms with Crippen molar-refractivity contribution in [1.29, 1.82) is 5.26 Å². The van der Waals surface area contributed by atoms with Gasteiger partial charge in [0.25, 0.3) is 11.8 Å². The number of halogens is 1. The Morgan fingerprint density at radius 1 is 0.875 bits per heavy atom. The van der Waals surface area contributed by atoms with E-state index in [0.717, 1.165) is 27.3 Å². The van der Waals surface area contributed by atoms with Gasteiger partial charge in [-0.25, -0.2) is 4.68 Å². The molecule has 6 rings (SSSR count). The molecular formula is C39H31ClN4O4. The zero-order valence-corrected chi connectivity index (χ0v) is 27.1. The number of nitrogens with zero attached hydrogens (tertiary/aromatic N) is 4. The van der Waals surface area contributed by atoms with Crippen molar-refractivity contribution in [1.82, 2.24) is 14.7 Å². The third-order valence-electron chi connectivity index (χ3n) is 8.10. The normalized spacial score (nSPS) is 14.0. The number of rotatable bonds is 10. The van der Waals surface area contributed by atoms with Crippen molar-refractivity contribution in [2.45, 2.75) is 20.0 Å². The van der Waals surface area contributed by atoms with Crippen LogP contribution in [0, 0.1) is 11.3 Å². The largest absolute Gasteiger partial charge is 0.497 e. The molecule has 0 spiro atoms. The van der Waals surface area contributed by atoms with Crippen LogP contribution >= 0.6 is 11.6 Å². The molecule has 0 N–H and O–H groups in total. The molecule has 0 saturated carbocycles.